The number of carbonyl (C=O) groups excluding carboxylic acids is 2. The summed E-state index contributed by atoms with van der Waals surface area (Å²) in [6.07, 6.45) is 5.80. The number of carbonyl (C=O) groups is 2. The van der Waals surface area contributed by atoms with E-state index in [1.54, 1.807) is 6.07 Å². The van der Waals surface area contributed by atoms with Crippen molar-refractivity contribution in [2.24, 2.45) is 5.92 Å². The van der Waals surface area contributed by atoms with Crippen LogP contribution in [0.15, 0.2) is 18.2 Å². The van der Waals surface area contributed by atoms with Gasteiger partial charge in [-0.15, -0.1) is 0 Å². The molecule has 2 atom stereocenters. The van der Waals surface area contributed by atoms with Crippen LogP contribution < -0.4 is 10.6 Å². The number of hydrogen-bond acceptors (Lipinski definition) is 7. The van der Waals surface area contributed by atoms with E-state index in [0.717, 1.165) is 50.5 Å². The molecule has 3 N–H and O–H groups in total. The van der Waals surface area contributed by atoms with Crippen LogP contribution in [0.1, 0.15) is 67.7 Å². The highest BCUT2D eigenvalue weighted by Gasteiger charge is 2.32. The summed E-state index contributed by atoms with van der Waals surface area (Å²) in [4.78, 5) is 23.2. The Bertz CT molecular complexity index is 1220. The molecule has 1 amide bonds. The Balaban J connectivity index is 1.14. The van der Waals surface area contributed by atoms with Crippen LogP contribution in [0.3, 0.4) is 0 Å². The number of aldehydes is 1. The second-order valence-electron chi connectivity index (χ2n) is 9.86. The molecular weight excluding hydrogens is 475 g/mol. The molecule has 11 heteroatoms. The fourth-order valence-electron chi connectivity index (χ4n) is 5.39. The maximum Gasteiger partial charge on any atom is 0.407 e. The van der Waals surface area contributed by atoms with Crippen molar-refractivity contribution in [1.82, 2.24) is 15.5 Å². The molecule has 1 aromatic carbocycles. The fourth-order valence-corrected chi connectivity index (χ4v) is 6.98. The molecule has 2 heterocycles. The third-order valence-corrected chi connectivity index (χ3v) is 8.80. The third-order valence-electron chi connectivity index (χ3n) is 7.32. The van der Waals surface area contributed by atoms with Crippen molar-refractivity contribution in [1.29, 1.82) is 0 Å². The first-order chi connectivity index (χ1) is 16.8. The molecule has 2 aromatic rings. The van der Waals surface area contributed by atoms with E-state index in [0.29, 0.717) is 17.8 Å². The number of benzene rings is 1. The Labute approximate surface area is 203 Å². The SMILES string of the molecule is O=CC1CCC(NC(=O)OC2CCC(c3cc(Nc4ccc5c(c4F)CS(=O)(=O)C5)n[nH]3)C2)CC1. The molecule has 188 valence electrons. The highest BCUT2D eigenvalue weighted by molar-refractivity contribution is 7.90. The quantitative estimate of drug-likeness (QED) is 0.510. The van der Waals surface area contributed by atoms with Gasteiger partial charge in [-0.25, -0.2) is 17.6 Å². The van der Waals surface area contributed by atoms with Gasteiger partial charge in [0, 0.05) is 35.2 Å². The van der Waals surface area contributed by atoms with Crippen molar-refractivity contribution >= 4 is 33.7 Å². The Morgan fingerprint density at radius 2 is 1.94 bits per heavy atom. The average Bonchev–Trinajstić information content (AvgIpc) is 3.54. The Hall–Kier alpha value is -2.95. The van der Waals surface area contributed by atoms with E-state index in [1.807, 2.05) is 6.07 Å². The van der Waals surface area contributed by atoms with Gasteiger partial charge < -0.3 is 20.2 Å². The normalized spacial score (nSPS) is 27.2. The molecule has 2 aliphatic carbocycles. The molecule has 0 spiro atoms. The van der Waals surface area contributed by atoms with Gasteiger partial charge in [-0.3, -0.25) is 5.10 Å². The summed E-state index contributed by atoms with van der Waals surface area (Å²) in [5.41, 5.74) is 1.78. The Morgan fingerprint density at radius 3 is 2.71 bits per heavy atom. The number of nitrogens with zero attached hydrogens (tertiary/aromatic N) is 1. The van der Waals surface area contributed by atoms with Crippen LogP contribution in [-0.2, 0) is 30.9 Å². The second kappa shape index (κ2) is 9.60. The number of aromatic nitrogens is 2. The van der Waals surface area contributed by atoms with Gasteiger partial charge in [0.2, 0.25) is 0 Å². The number of halogens is 1. The summed E-state index contributed by atoms with van der Waals surface area (Å²) >= 11 is 0. The van der Waals surface area contributed by atoms with Crippen molar-refractivity contribution in [3.05, 3.63) is 40.8 Å². The number of H-pyrrole nitrogens is 1. The molecule has 5 rings (SSSR count). The van der Waals surface area contributed by atoms with Crippen molar-refractivity contribution in [2.45, 2.75) is 74.5 Å². The second-order valence-corrected chi connectivity index (χ2v) is 11.9. The molecule has 0 radical (unpaired) electrons. The molecule has 1 aromatic heterocycles. The van der Waals surface area contributed by atoms with Crippen LogP contribution in [0.2, 0.25) is 0 Å². The summed E-state index contributed by atoms with van der Waals surface area (Å²) in [6, 6.07) is 5.03. The molecule has 2 saturated carbocycles. The summed E-state index contributed by atoms with van der Waals surface area (Å²) in [5.74, 6) is -0.304. The van der Waals surface area contributed by atoms with E-state index >= 15 is 0 Å². The van der Waals surface area contributed by atoms with Crippen LogP contribution in [-0.4, -0.2) is 43.1 Å². The molecular formula is C24H29FN4O5S. The van der Waals surface area contributed by atoms with Gasteiger partial charge in [-0.2, -0.15) is 5.10 Å². The minimum absolute atomic E-state index is 0.0526. The molecule has 1 aliphatic heterocycles. The van der Waals surface area contributed by atoms with E-state index < -0.39 is 21.7 Å². The molecule has 2 fully saturated rings. The van der Waals surface area contributed by atoms with Crippen molar-refractivity contribution in [3.8, 4) is 0 Å². The number of ether oxygens (including phenoxy) is 1. The standard InChI is InChI=1S/C24H29FN4O5S/c25-23-19-13-35(32,33)12-16(19)4-8-20(23)27-22-10-21(28-29-22)15-3-7-18(9-15)34-24(31)26-17-5-1-14(11-30)2-6-17/h4,8,10-11,14-15,17-18H,1-3,5-7,9,12-13H2,(H,26,31)(H2,27,28,29). The first-order valence-corrected chi connectivity index (χ1v) is 13.9. The monoisotopic (exact) mass is 504 g/mol. The number of hydrogen-bond donors (Lipinski definition) is 3. The predicted octanol–water partition coefficient (Wildman–Crippen LogP) is 3.84. The third kappa shape index (κ3) is 5.34. The minimum Gasteiger partial charge on any atom is -0.446 e. The summed E-state index contributed by atoms with van der Waals surface area (Å²) < 4.78 is 44.1. The molecule has 3 aliphatic rings. The lowest BCUT2D eigenvalue weighted by Crippen LogP contribution is -2.39. The number of fused-ring (bicyclic) bond motifs is 1. The van der Waals surface area contributed by atoms with Gasteiger partial charge in [-0.05, 0) is 56.6 Å². The number of nitrogens with one attached hydrogen (secondary N) is 3. The van der Waals surface area contributed by atoms with E-state index in [1.165, 1.54) is 6.07 Å². The largest absolute Gasteiger partial charge is 0.446 e. The number of rotatable bonds is 6. The molecule has 9 nitrogen and oxygen atoms in total. The number of aromatic amines is 1. The van der Waals surface area contributed by atoms with Crippen molar-refractivity contribution in [3.63, 3.8) is 0 Å². The maximum absolute atomic E-state index is 14.9. The van der Waals surface area contributed by atoms with Gasteiger partial charge in [0.15, 0.2) is 21.5 Å². The Kier molecular flexibility index (Phi) is 6.52. The van der Waals surface area contributed by atoms with E-state index in [9.17, 15) is 22.4 Å². The maximum atomic E-state index is 14.9. The zero-order chi connectivity index (χ0) is 24.6. The zero-order valence-corrected chi connectivity index (χ0v) is 20.1. The molecule has 0 saturated heterocycles. The van der Waals surface area contributed by atoms with Crippen LogP contribution in [0, 0.1) is 11.7 Å². The molecule has 0 bridgehead atoms. The fraction of sp³-hybridized carbons (Fsp3) is 0.542. The van der Waals surface area contributed by atoms with E-state index in [-0.39, 0.29) is 46.7 Å². The van der Waals surface area contributed by atoms with Crippen LogP contribution in [0.25, 0.3) is 0 Å². The summed E-state index contributed by atoms with van der Waals surface area (Å²) in [6.45, 7) is 0. The van der Waals surface area contributed by atoms with Gasteiger partial charge in [0.1, 0.15) is 12.4 Å². The van der Waals surface area contributed by atoms with E-state index in [4.69, 9.17) is 4.74 Å². The number of amides is 1. The highest BCUT2D eigenvalue weighted by atomic mass is 32.2. The number of alkyl carbamates (subject to hydrolysis) is 1. The smallest absolute Gasteiger partial charge is 0.407 e. The zero-order valence-electron chi connectivity index (χ0n) is 19.3. The number of anilines is 2. The highest BCUT2D eigenvalue weighted by Crippen LogP contribution is 2.37. The summed E-state index contributed by atoms with van der Waals surface area (Å²) in [7, 11) is -3.29. The lowest BCUT2D eigenvalue weighted by atomic mass is 9.87. The molecule has 35 heavy (non-hydrogen) atoms. The van der Waals surface area contributed by atoms with Gasteiger partial charge in [0.25, 0.3) is 0 Å². The van der Waals surface area contributed by atoms with Crippen molar-refractivity contribution < 1.29 is 27.1 Å². The lowest BCUT2D eigenvalue weighted by Gasteiger charge is -2.26. The average molecular weight is 505 g/mol. The topological polar surface area (TPSA) is 130 Å². The Morgan fingerprint density at radius 1 is 1.14 bits per heavy atom. The van der Waals surface area contributed by atoms with Crippen LogP contribution >= 0.6 is 0 Å². The van der Waals surface area contributed by atoms with Gasteiger partial charge >= 0.3 is 6.09 Å². The van der Waals surface area contributed by atoms with Crippen LogP contribution in [0.5, 0.6) is 0 Å². The van der Waals surface area contributed by atoms with Gasteiger partial charge in [0.05, 0.1) is 17.2 Å². The molecule has 2 unspecified atom stereocenters. The van der Waals surface area contributed by atoms with Gasteiger partial charge in [-0.1, -0.05) is 6.07 Å². The van der Waals surface area contributed by atoms with Crippen LogP contribution in [0.4, 0.5) is 20.7 Å². The minimum atomic E-state index is -3.29. The lowest BCUT2D eigenvalue weighted by molar-refractivity contribution is -0.111. The number of sulfone groups is 1. The predicted molar refractivity (Wildman–Crippen MR) is 126 cm³/mol. The summed E-state index contributed by atoms with van der Waals surface area (Å²) in [5, 5.41) is 13.1. The first-order valence-electron chi connectivity index (χ1n) is 12.0. The van der Waals surface area contributed by atoms with Crippen molar-refractivity contribution in [2.75, 3.05) is 5.32 Å². The van der Waals surface area contributed by atoms with E-state index in [2.05, 4.69) is 20.8 Å². The first kappa shape index (κ1) is 23.8.